The molecule has 1 heterocycles. The molecule has 1 fully saturated rings. The maximum absolute atomic E-state index is 12.0. The maximum Gasteiger partial charge on any atom is 0.255 e. The van der Waals surface area contributed by atoms with Gasteiger partial charge in [0.05, 0.1) is 11.8 Å². The molecule has 1 saturated carbocycles. The van der Waals surface area contributed by atoms with E-state index in [0.717, 1.165) is 12.8 Å². The fourth-order valence-electron chi connectivity index (χ4n) is 2.55. The fraction of sp³-hybridized carbons (Fsp3) is 0.615. The smallest absolute Gasteiger partial charge is 0.255 e. The van der Waals surface area contributed by atoms with Gasteiger partial charge in [-0.15, -0.1) is 12.4 Å². The van der Waals surface area contributed by atoms with E-state index in [4.69, 9.17) is 10.2 Å². The van der Waals surface area contributed by atoms with Crippen molar-refractivity contribution in [3.63, 3.8) is 0 Å². The average molecular weight is 273 g/mol. The molecule has 5 heteroatoms. The minimum Gasteiger partial charge on any atom is -0.469 e. The lowest BCUT2D eigenvalue weighted by Crippen LogP contribution is -2.44. The molecule has 2 rings (SSSR count). The van der Waals surface area contributed by atoms with Crippen LogP contribution in [0.1, 0.15) is 41.8 Å². The highest BCUT2D eigenvalue weighted by Crippen LogP contribution is 2.24. The van der Waals surface area contributed by atoms with Crippen molar-refractivity contribution < 1.29 is 9.21 Å². The summed E-state index contributed by atoms with van der Waals surface area (Å²) in [5.41, 5.74) is 6.38. The van der Waals surface area contributed by atoms with Crippen LogP contribution in [0.25, 0.3) is 0 Å². The summed E-state index contributed by atoms with van der Waals surface area (Å²) in [6.07, 6.45) is 6.09. The molecular weight excluding hydrogens is 252 g/mol. The number of furan rings is 1. The first kappa shape index (κ1) is 15.1. The zero-order valence-electron chi connectivity index (χ0n) is 10.6. The zero-order valence-corrected chi connectivity index (χ0v) is 11.5. The summed E-state index contributed by atoms with van der Waals surface area (Å²) in [6, 6.07) is 1.93. The van der Waals surface area contributed by atoms with Crippen molar-refractivity contribution >= 4 is 18.3 Å². The van der Waals surface area contributed by atoms with Crippen molar-refractivity contribution in [3.05, 3.63) is 23.7 Å². The normalized spacial score (nSPS) is 23.2. The van der Waals surface area contributed by atoms with Crippen molar-refractivity contribution in [2.75, 3.05) is 6.54 Å². The molecule has 0 radical (unpaired) electrons. The van der Waals surface area contributed by atoms with Crippen LogP contribution in [0.15, 0.2) is 16.7 Å². The lowest BCUT2D eigenvalue weighted by atomic mass is 9.84. The monoisotopic (exact) mass is 272 g/mol. The van der Waals surface area contributed by atoms with E-state index in [1.165, 1.54) is 12.8 Å². The molecular formula is C13H21ClN2O2. The quantitative estimate of drug-likeness (QED) is 0.887. The molecule has 1 aromatic heterocycles. The highest BCUT2D eigenvalue weighted by Gasteiger charge is 2.26. The van der Waals surface area contributed by atoms with Gasteiger partial charge in [-0.1, -0.05) is 12.8 Å². The van der Waals surface area contributed by atoms with Crippen LogP contribution >= 0.6 is 12.4 Å². The third kappa shape index (κ3) is 3.27. The number of nitrogens with one attached hydrogen (secondary N) is 1. The number of amides is 1. The van der Waals surface area contributed by atoms with E-state index < -0.39 is 0 Å². The summed E-state index contributed by atoms with van der Waals surface area (Å²) in [5.74, 6) is 1.05. The molecule has 1 amide bonds. The molecule has 0 aliphatic heterocycles. The van der Waals surface area contributed by atoms with E-state index >= 15 is 0 Å². The molecule has 0 bridgehead atoms. The van der Waals surface area contributed by atoms with Crippen LogP contribution in [0.2, 0.25) is 0 Å². The third-order valence-electron chi connectivity index (χ3n) is 3.63. The summed E-state index contributed by atoms with van der Waals surface area (Å²) in [6.45, 7) is 2.45. The summed E-state index contributed by atoms with van der Waals surface area (Å²) < 4.78 is 5.14. The summed E-state index contributed by atoms with van der Waals surface area (Å²) >= 11 is 0. The van der Waals surface area contributed by atoms with Gasteiger partial charge in [0.15, 0.2) is 0 Å². The lowest BCUT2D eigenvalue weighted by Gasteiger charge is -2.31. The highest BCUT2D eigenvalue weighted by molar-refractivity contribution is 5.95. The highest BCUT2D eigenvalue weighted by atomic mass is 35.5. The van der Waals surface area contributed by atoms with Gasteiger partial charge in [0, 0.05) is 6.04 Å². The van der Waals surface area contributed by atoms with Gasteiger partial charge in [0.2, 0.25) is 0 Å². The zero-order chi connectivity index (χ0) is 12.3. The number of hydrogen-bond acceptors (Lipinski definition) is 3. The predicted molar refractivity (Wildman–Crippen MR) is 73.0 cm³/mol. The first-order chi connectivity index (χ1) is 8.22. The molecule has 0 aromatic carbocycles. The second-order valence-electron chi connectivity index (χ2n) is 4.75. The molecule has 1 aromatic rings. The molecule has 2 atom stereocenters. The first-order valence-corrected chi connectivity index (χ1v) is 6.27. The Balaban J connectivity index is 0.00000162. The Morgan fingerprint density at radius 2 is 2.22 bits per heavy atom. The Hall–Kier alpha value is -1.00. The van der Waals surface area contributed by atoms with E-state index in [1.54, 1.807) is 19.3 Å². The molecule has 1 aliphatic carbocycles. The van der Waals surface area contributed by atoms with Gasteiger partial charge in [0.25, 0.3) is 5.91 Å². The molecule has 1 aliphatic rings. The van der Waals surface area contributed by atoms with E-state index in [9.17, 15) is 4.79 Å². The van der Waals surface area contributed by atoms with Crippen LogP contribution in [0.4, 0.5) is 0 Å². The third-order valence-corrected chi connectivity index (χ3v) is 3.63. The first-order valence-electron chi connectivity index (χ1n) is 6.27. The van der Waals surface area contributed by atoms with Crippen molar-refractivity contribution in [2.45, 2.75) is 38.6 Å². The summed E-state index contributed by atoms with van der Waals surface area (Å²) in [7, 11) is 0. The molecule has 4 nitrogen and oxygen atoms in total. The number of nitrogens with two attached hydrogens (primary N) is 1. The molecule has 102 valence electrons. The van der Waals surface area contributed by atoms with Gasteiger partial charge in [0.1, 0.15) is 5.76 Å². The van der Waals surface area contributed by atoms with Gasteiger partial charge in [-0.25, -0.2) is 0 Å². The minimum atomic E-state index is -0.0402. The van der Waals surface area contributed by atoms with Crippen molar-refractivity contribution in [1.29, 1.82) is 0 Å². The van der Waals surface area contributed by atoms with Crippen LogP contribution in [0, 0.1) is 12.8 Å². The van der Waals surface area contributed by atoms with Gasteiger partial charge in [-0.05, 0) is 38.3 Å². The molecule has 0 saturated heterocycles. The SMILES string of the molecule is Cc1occc1C(=O)NC1CCCCC1CN.Cl. The number of rotatable bonds is 3. The Labute approximate surface area is 114 Å². The van der Waals surface area contributed by atoms with Gasteiger partial charge in [-0.3, -0.25) is 4.79 Å². The van der Waals surface area contributed by atoms with Crippen molar-refractivity contribution in [3.8, 4) is 0 Å². The van der Waals surface area contributed by atoms with Crippen LogP contribution in [0.3, 0.4) is 0 Å². The van der Waals surface area contributed by atoms with Gasteiger partial charge >= 0.3 is 0 Å². The fourth-order valence-corrected chi connectivity index (χ4v) is 2.55. The topological polar surface area (TPSA) is 68.3 Å². The molecule has 0 spiro atoms. The second kappa shape index (κ2) is 6.81. The van der Waals surface area contributed by atoms with Crippen molar-refractivity contribution in [2.24, 2.45) is 11.7 Å². The number of hydrogen-bond donors (Lipinski definition) is 2. The van der Waals surface area contributed by atoms with Crippen LogP contribution in [-0.2, 0) is 0 Å². The largest absolute Gasteiger partial charge is 0.469 e. The Morgan fingerprint density at radius 3 is 2.83 bits per heavy atom. The van der Waals surface area contributed by atoms with Crippen LogP contribution in [0.5, 0.6) is 0 Å². The Bertz CT molecular complexity index is 392. The van der Waals surface area contributed by atoms with Crippen LogP contribution in [-0.4, -0.2) is 18.5 Å². The van der Waals surface area contributed by atoms with Gasteiger partial charge < -0.3 is 15.5 Å². The number of carbonyl (C=O) groups excluding carboxylic acids is 1. The minimum absolute atomic E-state index is 0. The summed E-state index contributed by atoms with van der Waals surface area (Å²) in [4.78, 5) is 12.0. The second-order valence-corrected chi connectivity index (χ2v) is 4.75. The number of halogens is 1. The number of aryl methyl sites for hydroxylation is 1. The Morgan fingerprint density at radius 1 is 1.50 bits per heavy atom. The summed E-state index contributed by atoms with van der Waals surface area (Å²) in [5, 5.41) is 3.08. The molecule has 3 N–H and O–H groups in total. The standard InChI is InChI=1S/C13H20N2O2.ClH/c1-9-11(6-7-17-9)13(16)15-12-5-3-2-4-10(12)8-14;/h6-7,10,12H,2-5,8,14H2,1H3,(H,15,16);1H. The molecule has 18 heavy (non-hydrogen) atoms. The maximum atomic E-state index is 12.0. The van der Waals surface area contributed by atoms with Gasteiger partial charge in [-0.2, -0.15) is 0 Å². The molecule has 2 unspecified atom stereocenters. The van der Waals surface area contributed by atoms with E-state index in [2.05, 4.69) is 5.32 Å². The number of carbonyl (C=O) groups is 1. The van der Waals surface area contributed by atoms with Crippen LogP contribution < -0.4 is 11.1 Å². The van der Waals surface area contributed by atoms with E-state index in [-0.39, 0.29) is 24.4 Å². The predicted octanol–water partition coefficient (Wildman–Crippen LogP) is 2.26. The lowest BCUT2D eigenvalue weighted by molar-refractivity contribution is 0.0906. The average Bonchev–Trinajstić information content (AvgIpc) is 2.76. The van der Waals surface area contributed by atoms with E-state index in [0.29, 0.717) is 23.8 Å². The van der Waals surface area contributed by atoms with Crippen molar-refractivity contribution in [1.82, 2.24) is 5.32 Å². The van der Waals surface area contributed by atoms with E-state index in [1.807, 2.05) is 0 Å². The Kier molecular flexibility index (Phi) is 5.69.